The highest BCUT2D eigenvalue weighted by Crippen LogP contribution is 1.85. The molecule has 2 atom stereocenters. The number of nitrogens with one attached hydrogen (secondary N) is 1. The normalized spacial score (nSPS) is 17.3. The minimum atomic E-state index is 0.181. The number of hydrogen-bond acceptors (Lipinski definition) is 3. The first-order chi connectivity index (χ1) is 4.18. The summed E-state index contributed by atoms with van der Waals surface area (Å²) in [6, 6.07) is 0.505. The van der Waals surface area contributed by atoms with Crippen molar-refractivity contribution < 1.29 is 4.74 Å². The minimum absolute atomic E-state index is 0.181. The van der Waals surface area contributed by atoms with Crippen LogP contribution in [0.25, 0.3) is 0 Å². The molecular weight excluding hydrogens is 116 g/mol. The summed E-state index contributed by atoms with van der Waals surface area (Å²) in [6.45, 7) is 4.57. The van der Waals surface area contributed by atoms with E-state index in [1.165, 1.54) is 0 Å². The SMILES string of the molecule is COCN[C@H](C)[C@H](C)N. The molecule has 3 heteroatoms. The quantitative estimate of drug-likeness (QED) is 0.526. The molecule has 0 aromatic carbocycles. The van der Waals surface area contributed by atoms with Gasteiger partial charge in [-0.15, -0.1) is 0 Å². The van der Waals surface area contributed by atoms with Gasteiger partial charge in [-0.25, -0.2) is 0 Å². The van der Waals surface area contributed by atoms with Crippen LogP contribution in [-0.2, 0) is 4.74 Å². The fraction of sp³-hybridized carbons (Fsp3) is 1.00. The maximum Gasteiger partial charge on any atom is 0.0963 e. The third-order valence-corrected chi connectivity index (χ3v) is 1.34. The van der Waals surface area contributed by atoms with Gasteiger partial charge in [0.05, 0.1) is 6.73 Å². The smallest absolute Gasteiger partial charge is 0.0963 e. The van der Waals surface area contributed by atoms with E-state index in [9.17, 15) is 0 Å². The maximum atomic E-state index is 5.56. The van der Waals surface area contributed by atoms with E-state index in [0.29, 0.717) is 12.8 Å². The summed E-state index contributed by atoms with van der Waals surface area (Å²) in [6.07, 6.45) is 0. The Morgan fingerprint density at radius 2 is 2.11 bits per heavy atom. The van der Waals surface area contributed by atoms with Gasteiger partial charge in [-0.1, -0.05) is 0 Å². The molecule has 3 N–H and O–H groups in total. The molecule has 56 valence electrons. The number of methoxy groups -OCH3 is 1. The van der Waals surface area contributed by atoms with Crippen LogP contribution in [0, 0.1) is 0 Å². The maximum absolute atomic E-state index is 5.56. The number of hydrogen-bond donors (Lipinski definition) is 2. The molecule has 0 aliphatic rings. The van der Waals surface area contributed by atoms with Crippen LogP contribution in [0.15, 0.2) is 0 Å². The van der Waals surface area contributed by atoms with Crippen molar-refractivity contribution in [1.29, 1.82) is 0 Å². The Bertz CT molecular complexity index is 66.1. The van der Waals surface area contributed by atoms with Crippen LogP contribution < -0.4 is 11.1 Å². The zero-order valence-electron chi connectivity index (χ0n) is 6.35. The summed E-state index contributed by atoms with van der Waals surface area (Å²) in [5, 5.41) is 3.08. The van der Waals surface area contributed by atoms with E-state index in [1.54, 1.807) is 7.11 Å². The lowest BCUT2D eigenvalue weighted by molar-refractivity contribution is 0.162. The van der Waals surface area contributed by atoms with E-state index in [2.05, 4.69) is 5.32 Å². The Morgan fingerprint density at radius 1 is 1.56 bits per heavy atom. The first kappa shape index (κ1) is 8.88. The van der Waals surface area contributed by atoms with Gasteiger partial charge < -0.3 is 10.5 Å². The zero-order valence-corrected chi connectivity index (χ0v) is 6.35. The molecular formula is C6H16N2O. The highest BCUT2D eigenvalue weighted by Gasteiger charge is 2.03. The van der Waals surface area contributed by atoms with Crippen molar-refractivity contribution in [3.63, 3.8) is 0 Å². The van der Waals surface area contributed by atoms with Gasteiger partial charge in [0.2, 0.25) is 0 Å². The highest BCUT2D eigenvalue weighted by atomic mass is 16.5. The van der Waals surface area contributed by atoms with Crippen molar-refractivity contribution in [3.8, 4) is 0 Å². The van der Waals surface area contributed by atoms with Crippen LogP contribution in [0.4, 0.5) is 0 Å². The first-order valence-corrected chi connectivity index (χ1v) is 3.16. The predicted octanol–water partition coefficient (Wildman–Crippen LogP) is -0.0844. The second kappa shape index (κ2) is 4.73. The lowest BCUT2D eigenvalue weighted by Gasteiger charge is -2.15. The summed E-state index contributed by atoms with van der Waals surface area (Å²) in [5.74, 6) is 0. The van der Waals surface area contributed by atoms with Gasteiger partial charge in [0.1, 0.15) is 0 Å². The minimum Gasteiger partial charge on any atom is -0.370 e. The van der Waals surface area contributed by atoms with Gasteiger partial charge in [0, 0.05) is 19.2 Å². The molecule has 9 heavy (non-hydrogen) atoms. The second-order valence-corrected chi connectivity index (χ2v) is 2.28. The van der Waals surface area contributed by atoms with Crippen molar-refractivity contribution in [2.75, 3.05) is 13.8 Å². The van der Waals surface area contributed by atoms with Gasteiger partial charge >= 0.3 is 0 Å². The molecule has 0 rings (SSSR count). The average molecular weight is 132 g/mol. The lowest BCUT2D eigenvalue weighted by Crippen LogP contribution is -2.41. The van der Waals surface area contributed by atoms with Crippen LogP contribution >= 0.6 is 0 Å². The summed E-state index contributed by atoms with van der Waals surface area (Å²) < 4.78 is 4.80. The number of ether oxygens (including phenoxy) is 1. The summed E-state index contributed by atoms with van der Waals surface area (Å²) >= 11 is 0. The Morgan fingerprint density at radius 3 is 2.44 bits per heavy atom. The van der Waals surface area contributed by atoms with Crippen molar-refractivity contribution >= 4 is 0 Å². The first-order valence-electron chi connectivity index (χ1n) is 3.16. The zero-order chi connectivity index (χ0) is 7.28. The third-order valence-electron chi connectivity index (χ3n) is 1.34. The molecule has 0 radical (unpaired) electrons. The Hall–Kier alpha value is -0.120. The van der Waals surface area contributed by atoms with E-state index in [1.807, 2.05) is 13.8 Å². The van der Waals surface area contributed by atoms with Gasteiger partial charge in [-0.2, -0.15) is 0 Å². The second-order valence-electron chi connectivity index (χ2n) is 2.28. The highest BCUT2D eigenvalue weighted by molar-refractivity contribution is 4.67. The predicted molar refractivity (Wildman–Crippen MR) is 38.1 cm³/mol. The fourth-order valence-corrected chi connectivity index (χ4v) is 0.401. The van der Waals surface area contributed by atoms with Crippen LogP contribution in [-0.4, -0.2) is 25.9 Å². The Labute approximate surface area is 56.6 Å². The Balaban J connectivity index is 3.16. The third kappa shape index (κ3) is 4.39. The lowest BCUT2D eigenvalue weighted by atomic mass is 10.2. The molecule has 0 aliphatic carbocycles. The van der Waals surface area contributed by atoms with E-state index in [-0.39, 0.29) is 6.04 Å². The van der Waals surface area contributed by atoms with E-state index in [4.69, 9.17) is 10.5 Å². The fourth-order valence-electron chi connectivity index (χ4n) is 0.401. The van der Waals surface area contributed by atoms with Gasteiger partial charge in [0.15, 0.2) is 0 Å². The van der Waals surface area contributed by atoms with Crippen molar-refractivity contribution in [1.82, 2.24) is 5.32 Å². The molecule has 3 nitrogen and oxygen atoms in total. The van der Waals surface area contributed by atoms with Gasteiger partial charge in [-0.3, -0.25) is 5.32 Å². The largest absolute Gasteiger partial charge is 0.370 e. The van der Waals surface area contributed by atoms with Crippen molar-refractivity contribution in [3.05, 3.63) is 0 Å². The summed E-state index contributed by atoms with van der Waals surface area (Å²) in [5.41, 5.74) is 5.56. The topological polar surface area (TPSA) is 47.3 Å². The molecule has 0 saturated heterocycles. The molecule has 0 spiro atoms. The molecule has 0 aromatic rings. The Kier molecular flexibility index (Phi) is 4.67. The summed E-state index contributed by atoms with van der Waals surface area (Å²) in [4.78, 5) is 0. The molecule has 0 fully saturated rings. The summed E-state index contributed by atoms with van der Waals surface area (Å²) in [7, 11) is 1.65. The van der Waals surface area contributed by atoms with Crippen LogP contribution in [0.1, 0.15) is 13.8 Å². The van der Waals surface area contributed by atoms with Crippen LogP contribution in [0.2, 0.25) is 0 Å². The molecule has 0 aromatic heterocycles. The molecule has 0 saturated carbocycles. The van der Waals surface area contributed by atoms with Gasteiger partial charge in [-0.05, 0) is 13.8 Å². The van der Waals surface area contributed by atoms with E-state index in [0.717, 1.165) is 0 Å². The monoisotopic (exact) mass is 132 g/mol. The molecule has 0 bridgehead atoms. The molecule has 0 heterocycles. The number of nitrogens with two attached hydrogens (primary N) is 1. The van der Waals surface area contributed by atoms with Crippen molar-refractivity contribution in [2.45, 2.75) is 25.9 Å². The van der Waals surface area contributed by atoms with Gasteiger partial charge in [0.25, 0.3) is 0 Å². The van der Waals surface area contributed by atoms with Crippen LogP contribution in [0.5, 0.6) is 0 Å². The van der Waals surface area contributed by atoms with E-state index < -0.39 is 0 Å². The van der Waals surface area contributed by atoms with Crippen molar-refractivity contribution in [2.24, 2.45) is 5.73 Å². The molecule has 0 unspecified atom stereocenters. The molecule has 0 aliphatic heterocycles. The average Bonchev–Trinajstić information content (AvgIpc) is 1.82. The van der Waals surface area contributed by atoms with E-state index >= 15 is 0 Å². The molecule has 0 amide bonds. The van der Waals surface area contributed by atoms with Crippen LogP contribution in [0.3, 0.4) is 0 Å². The number of rotatable bonds is 4. The standard InChI is InChI=1S/C6H16N2O/c1-5(7)6(2)8-4-9-3/h5-6,8H,4,7H2,1-3H3/t5-,6+/m0/s1.